The number of hydrogen-bond donors (Lipinski definition) is 0. The second-order valence-electron chi connectivity index (χ2n) is 6.42. The lowest BCUT2D eigenvalue weighted by atomic mass is 10.0. The van der Waals surface area contributed by atoms with Crippen molar-refractivity contribution in [2.45, 2.75) is 31.5 Å². The van der Waals surface area contributed by atoms with E-state index in [2.05, 4.69) is 9.72 Å². The van der Waals surface area contributed by atoms with Gasteiger partial charge in [-0.1, -0.05) is 6.07 Å². The van der Waals surface area contributed by atoms with Crippen LogP contribution in [0.2, 0.25) is 0 Å². The Balaban J connectivity index is 1.62. The predicted octanol–water partition coefficient (Wildman–Crippen LogP) is 6.08. The van der Waals surface area contributed by atoms with Crippen LogP contribution < -0.4 is 4.74 Å². The van der Waals surface area contributed by atoms with E-state index in [1.54, 1.807) is 18.2 Å². The first-order chi connectivity index (χ1) is 13.3. The molecule has 3 aromatic rings. The van der Waals surface area contributed by atoms with Crippen LogP contribution in [0.15, 0.2) is 30.3 Å². The molecule has 1 saturated heterocycles. The van der Waals surface area contributed by atoms with Crippen LogP contribution in [0.3, 0.4) is 0 Å². The van der Waals surface area contributed by atoms with Gasteiger partial charge in [-0.05, 0) is 37.0 Å². The zero-order chi connectivity index (χ0) is 19.9. The first kappa shape index (κ1) is 19.1. The van der Waals surface area contributed by atoms with Gasteiger partial charge in [-0.15, -0.1) is 11.3 Å². The maximum atomic E-state index is 14.5. The summed E-state index contributed by atoms with van der Waals surface area (Å²) in [5, 5.41) is -0.672. The van der Waals surface area contributed by atoms with Gasteiger partial charge >= 0.3 is 6.11 Å². The molecule has 0 amide bonds. The molecule has 0 radical (unpaired) electrons. The lowest BCUT2D eigenvalue weighted by molar-refractivity contribution is -0.185. The van der Waals surface area contributed by atoms with Gasteiger partial charge in [-0.3, -0.25) is 0 Å². The van der Waals surface area contributed by atoms with E-state index < -0.39 is 34.3 Å². The molecule has 3 nitrogen and oxygen atoms in total. The largest absolute Gasteiger partial charge is 0.454 e. The zero-order valence-corrected chi connectivity index (χ0v) is 15.2. The quantitative estimate of drug-likeness (QED) is 0.382. The van der Waals surface area contributed by atoms with Crippen molar-refractivity contribution in [2.24, 2.45) is 0 Å². The third-order valence-electron chi connectivity index (χ3n) is 4.42. The van der Waals surface area contributed by atoms with Crippen LogP contribution in [0, 0.1) is 17.5 Å². The molecule has 2 aromatic carbocycles. The van der Waals surface area contributed by atoms with E-state index in [0.29, 0.717) is 40.3 Å². The second kappa shape index (κ2) is 7.29. The van der Waals surface area contributed by atoms with E-state index >= 15 is 0 Å². The zero-order valence-electron chi connectivity index (χ0n) is 14.4. The Morgan fingerprint density at radius 2 is 1.82 bits per heavy atom. The first-order valence-corrected chi connectivity index (χ1v) is 9.39. The fourth-order valence-corrected chi connectivity index (χ4v) is 3.98. The number of thiazole rings is 1. The van der Waals surface area contributed by atoms with Gasteiger partial charge in [0.1, 0.15) is 5.75 Å². The molecule has 1 aromatic heterocycles. The number of halogens is 5. The van der Waals surface area contributed by atoms with Gasteiger partial charge in [0, 0.05) is 18.7 Å². The molecule has 4 rings (SSSR count). The van der Waals surface area contributed by atoms with Gasteiger partial charge < -0.3 is 9.47 Å². The number of aromatic nitrogens is 1. The molecule has 0 spiro atoms. The predicted molar refractivity (Wildman–Crippen MR) is 93.0 cm³/mol. The van der Waals surface area contributed by atoms with Crippen molar-refractivity contribution in [2.75, 3.05) is 6.61 Å². The molecular formula is C19H14F5NO2S. The maximum Gasteiger partial charge on any atom is 0.454 e. The number of ether oxygens (including phenoxy) is 2. The van der Waals surface area contributed by atoms with E-state index in [-0.39, 0.29) is 6.10 Å². The topological polar surface area (TPSA) is 31.4 Å². The molecule has 0 N–H and O–H groups in total. The monoisotopic (exact) mass is 415 g/mol. The summed E-state index contributed by atoms with van der Waals surface area (Å²) in [4.78, 5) is 3.87. The Labute approximate surface area is 160 Å². The average Bonchev–Trinajstić information content (AvgIpc) is 3.11. The van der Waals surface area contributed by atoms with Crippen molar-refractivity contribution in [1.29, 1.82) is 0 Å². The summed E-state index contributed by atoms with van der Waals surface area (Å²) in [6.07, 6.45) is -1.13. The Morgan fingerprint density at radius 3 is 2.50 bits per heavy atom. The van der Waals surface area contributed by atoms with Crippen LogP contribution in [0.25, 0.3) is 10.2 Å². The van der Waals surface area contributed by atoms with Crippen LogP contribution in [-0.4, -0.2) is 11.6 Å². The lowest BCUT2D eigenvalue weighted by Crippen LogP contribution is -2.21. The average molecular weight is 415 g/mol. The second-order valence-corrected chi connectivity index (χ2v) is 7.45. The molecule has 1 atom stereocenters. The summed E-state index contributed by atoms with van der Waals surface area (Å²) in [5.74, 6) is -5.83. The molecule has 28 heavy (non-hydrogen) atoms. The van der Waals surface area contributed by atoms with Crippen LogP contribution in [0.5, 0.6) is 5.75 Å². The highest BCUT2D eigenvalue weighted by Crippen LogP contribution is 2.38. The van der Waals surface area contributed by atoms with Gasteiger partial charge in [-0.25, -0.2) is 18.2 Å². The Hall–Kier alpha value is -2.26. The Bertz CT molecular complexity index is 994. The van der Waals surface area contributed by atoms with Crippen LogP contribution in [-0.2, 0) is 10.8 Å². The highest BCUT2D eigenvalue weighted by Gasteiger charge is 2.39. The molecule has 0 saturated carbocycles. The fourth-order valence-electron chi connectivity index (χ4n) is 3.05. The van der Waals surface area contributed by atoms with Crippen LogP contribution in [0.4, 0.5) is 22.0 Å². The summed E-state index contributed by atoms with van der Waals surface area (Å²) in [6, 6.07) is 5.87. The van der Waals surface area contributed by atoms with Crippen LogP contribution in [0.1, 0.15) is 35.9 Å². The molecule has 0 bridgehead atoms. The third kappa shape index (κ3) is 3.68. The molecule has 0 aliphatic carbocycles. The molecule has 1 unspecified atom stereocenters. The number of hydrogen-bond acceptors (Lipinski definition) is 4. The molecule has 2 heterocycles. The normalized spacial score (nSPS) is 17.8. The highest BCUT2D eigenvalue weighted by molar-refractivity contribution is 7.18. The van der Waals surface area contributed by atoms with Crippen molar-refractivity contribution in [1.82, 2.24) is 4.98 Å². The minimum absolute atomic E-state index is 0.0781. The number of benzene rings is 2. The van der Waals surface area contributed by atoms with Gasteiger partial charge in [0.2, 0.25) is 5.01 Å². The molecule has 1 fully saturated rings. The molecule has 1 aliphatic rings. The number of rotatable bonds is 4. The van der Waals surface area contributed by atoms with E-state index in [1.165, 1.54) is 0 Å². The number of alkyl halides is 2. The van der Waals surface area contributed by atoms with Crippen molar-refractivity contribution in [3.8, 4) is 5.75 Å². The SMILES string of the molecule is Fc1cc(OC(F)(F)c2nc3ccc(C4CCCCO4)cc3s2)cc(F)c1F. The van der Waals surface area contributed by atoms with E-state index in [1.807, 2.05) is 0 Å². The summed E-state index contributed by atoms with van der Waals surface area (Å²) >= 11 is 0.710. The van der Waals surface area contributed by atoms with E-state index in [0.717, 1.165) is 24.8 Å². The standard InChI is InChI=1S/C19H14F5NO2S/c20-12-8-11(9-13(21)17(12)22)27-19(23,24)18-25-14-5-4-10(7-16(14)28-18)15-3-1-2-6-26-15/h4-5,7-9,15H,1-3,6H2. The first-order valence-electron chi connectivity index (χ1n) is 8.57. The van der Waals surface area contributed by atoms with Crippen molar-refractivity contribution in [3.63, 3.8) is 0 Å². The van der Waals surface area contributed by atoms with Gasteiger partial charge in [0.15, 0.2) is 17.5 Å². The third-order valence-corrected chi connectivity index (χ3v) is 5.49. The summed E-state index contributed by atoms with van der Waals surface area (Å²) in [6.45, 7) is 0.660. The summed E-state index contributed by atoms with van der Waals surface area (Å²) in [7, 11) is 0. The number of nitrogens with zero attached hydrogens (tertiary/aromatic N) is 1. The van der Waals surface area contributed by atoms with Gasteiger partial charge in [0.25, 0.3) is 0 Å². The fraction of sp³-hybridized carbons (Fsp3) is 0.316. The summed E-state index contributed by atoms with van der Waals surface area (Å²) in [5.41, 5.74) is 1.23. The smallest absolute Gasteiger partial charge is 0.427 e. The van der Waals surface area contributed by atoms with Crippen molar-refractivity contribution >= 4 is 21.6 Å². The Morgan fingerprint density at radius 1 is 1.07 bits per heavy atom. The molecule has 1 aliphatic heterocycles. The minimum Gasteiger partial charge on any atom is -0.427 e. The molecular weight excluding hydrogens is 401 g/mol. The van der Waals surface area contributed by atoms with E-state index in [9.17, 15) is 22.0 Å². The summed E-state index contributed by atoms with van der Waals surface area (Å²) < 4.78 is 79.0. The highest BCUT2D eigenvalue weighted by atomic mass is 32.1. The van der Waals surface area contributed by atoms with Gasteiger partial charge in [-0.2, -0.15) is 8.78 Å². The minimum atomic E-state index is -3.94. The number of fused-ring (bicyclic) bond motifs is 1. The van der Waals surface area contributed by atoms with Gasteiger partial charge in [0.05, 0.1) is 16.3 Å². The van der Waals surface area contributed by atoms with Crippen molar-refractivity contribution in [3.05, 3.63) is 58.4 Å². The maximum absolute atomic E-state index is 14.5. The lowest BCUT2D eigenvalue weighted by Gasteiger charge is -2.22. The van der Waals surface area contributed by atoms with Crippen LogP contribution >= 0.6 is 11.3 Å². The van der Waals surface area contributed by atoms with E-state index in [4.69, 9.17) is 4.74 Å². The molecule has 148 valence electrons. The Kier molecular flexibility index (Phi) is 4.96. The van der Waals surface area contributed by atoms with Crippen molar-refractivity contribution < 1.29 is 31.4 Å². The molecule has 9 heteroatoms.